The van der Waals surface area contributed by atoms with Gasteiger partial charge in [-0.2, -0.15) is 0 Å². The molecule has 1 aliphatic rings. The summed E-state index contributed by atoms with van der Waals surface area (Å²) in [5, 5.41) is 6.17. The average molecular weight is 300 g/mol. The van der Waals surface area contributed by atoms with E-state index in [1.54, 1.807) is 0 Å². The normalized spacial score (nSPS) is 18.6. The summed E-state index contributed by atoms with van der Waals surface area (Å²) in [4.78, 5) is 4.49. The first-order chi connectivity index (χ1) is 9.47. The van der Waals surface area contributed by atoms with Gasteiger partial charge in [0.2, 0.25) is 10.0 Å². The van der Waals surface area contributed by atoms with Crippen LogP contribution in [0.3, 0.4) is 0 Å². The smallest absolute Gasteiger partial charge is 0.211 e. The summed E-state index contributed by atoms with van der Waals surface area (Å²) >= 11 is 0. The van der Waals surface area contributed by atoms with Crippen molar-refractivity contribution in [2.45, 2.75) is 19.8 Å². The Bertz CT molecular complexity index is 459. The highest BCUT2D eigenvalue weighted by Gasteiger charge is 2.24. The monoisotopic (exact) mass is 300 g/mol. The second-order valence-corrected chi connectivity index (χ2v) is 6.87. The van der Waals surface area contributed by atoms with Crippen molar-refractivity contribution in [1.29, 1.82) is 0 Å². The second kappa shape index (κ2) is 8.12. The van der Waals surface area contributed by atoms with Crippen molar-refractivity contribution in [2.75, 3.05) is 39.0 Å². The SMILES string of the molecule is C#CCNC(=NCC1CCN(S(C)(=O)=O)CC1)NCC. The number of nitrogens with one attached hydrogen (secondary N) is 2. The zero-order chi connectivity index (χ0) is 15.0. The van der Waals surface area contributed by atoms with E-state index in [-0.39, 0.29) is 0 Å². The molecule has 0 aromatic rings. The number of hydrogen-bond acceptors (Lipinski definition) is 3. The Kier molecular flexibility index (Phi) is 6.82. The molecular formula is C13H24N4O2S. The summed E-state index contributed by atoms with van der Waals surface area (Å²) in [6.07, 6.45) is 8.18. The van der Waals surface area contributed by atoms with Crippen LogP contribution in [0.2, 0.25) is 0 Å². The third-order valence-corrected chi connectivity index (χ3v) is 4.56. The molecular weight excluding hydrogens is 276 g/mol. The third-order valence-electron chi connectivity index (χ3n) is 3.25. The maximum absolute atomic E-state index is 11.4. The zero-order valence-electron chi connectivity index (χ0n) is 12.2. The molecule has 0 atom stereocenters. The standard InChI is InChI=1S/C13H24N4O2S/c1-4-8-15-13(14-5-2)16-11-12-6-9-17(10-7-12)20(3,18)19/h1,12H,5-11H2,2-3H3,(H2,14,15,16). The van der Waals surface area contributed by atoms with Crippen LogP contribution in [-0.2, 0) is 10.0 Å². The predicted molar refractivity (Wildman–Crippen MR) is 82.0 cm³/mol. The Morgan fingerprint density at radius 3 is 2.55 bits per heavy atom. The lowest BCUT2D eigenvalue weighted by molar-refractivity contribution is 0.280. The molecule has 1 aliphatic heterocycles. The minimum absolute atomic E-state index is 0.425. The Morgan fingerprint density at radius 1 is 1.40 bits per heavy atom. The van der Waals surface area contributed by atoms with Gasteiger partial charge >= 0.3 is 0 Å². The molecule has 0 spiro atoms. The Balaban J connectivity index is 2.44. The van der Waals surface area contributed by atoms with Gasteiger partial charge in [-0.05, 0) is 25.7 Å². The van der Waals surface area contributed by atoms with Crippen LogP contribution < -0.4 is 10.6 Å². The molecule has 0 unspecified atom stereocenters. The van der Waals surface area contributed by atoms with Gasteiger partial charge in [0.1, 0.15) is 0 Å². The molecule has 0 aromatic heterocycles. The molecule has 7 heteroatoms. The number of terminal acetylenes is 1. The van der Waals surface area contributed by atoms with Crippen LogP contribution in [0.4, 0.5) is 0 Å². The van der Waals surface area contributed by atoms with Gasteiger partial charge in [-0.25, -0.2) is 12.7 Å². The van der Waals surface area contributed by atoms with Gasteiger partial charge in [-0.3, -0.25) is 4.99 Å². The maximum Gasteiger partial charge on any atom is 0.211 e. The lowest BCUT2D eigenvalue weighted by atomic mass is 9.98. The molecule has 0 aliphatic carbocycles. The summed E-state index contributed by atoms with van der Waals surface area (Å²) in [7, 11) is -3.05. The predicted octanol–water partition coefficient (Wildman–Crippen LogP) is -0.154. The van der Waals surface area contributed by atoms with E-state index in [0.29, 0.717) is 32.1 Å². The van der Waals surface area contributed by atoms with Crippen molar-refractivity contribution < 1.29 is 8.42 Å². The number of aliphatic imine (C=N–C) groups is 1. The lowest BCUT2D eigenvalue weighted by Gasteiger charge is -2.29. The van der Waals surface area contributed by atoms with E-state index in [1.807, 2.05) is 6.92 Å². The van der Waals surface area contributed by atoms with Crippen LogP contribution in [0, 0.1) is 18.3 Å². The van der Waals surface area contributed by atoms with Crippen LogP contribution in [0.25, 0.3) is 0 Å². The molecule has 2 N–H and O–H groups in total. The first kappa shape index (κ1) is 16.8. The second-order valence-electron chi connectivity index (χ2n) is 4.88. The molecule has 20 heavy (non-hydrogen) atoms. The number of sulfonamides is 1. The van der Waals surface area contributed by atoms with Gasteiger partial charge in [-0.15, -0.1) is 6.42 Å². The van der Waals surface area contributed by atoms with E-state index in [4.69, 9.17) is 6.42 Å². The first-order valence-corrected chi connectivity index (χ1v) is 8.73. The van der Waals surface area contributed by atoms with Gasteiger partial charge in [0.25, 0.3) is 0 Å². The summed E-state index contributed by atoms with van der Waals surface area (Å²) in [5.74, 6) is 3.66. The van der Waals surface area contributed by atoms with Gasteiger partial charge in [-0.1, -0.05) is 5.92 Å². The maximum atomic E-state index is 11.4. The molecule has 1 saturated heterocycles. The van der Waals surface area contributed by atoms with E-state index in [0.717, 1.165) is 25.3 Å². The largest absolute Gasteiger partial charge is 0.357 e. The molecule has 6 nitrogen and oxygen atoms in total. The molecule has 0 saturated carbocycles. The number of rotatable bonds is 5. The number of guanidine groups is 1. The quantitative estimate of drug-likeness (QED) is 0.421. The summed E-state index contributed by atoms with van der Waals surface area (Å²) in [5.41, 5.74) is 0. The Hall–Kier alpha value is -1.26. The van der Waals surface area contributed by atoms with Gasteiger partial charge in [0.05, 0.1) is 12.8 Å². The van der Waals surface area contributed by atoms with Crippen LogP contribution in [-0.4, -0.2) is 57.7 Å². The lowest BCUT2D eigenvalue weighted by Crippen LogP contribution is -2.40. The molecule has 0 amide bonds. The molecule has 0 bridgehead atoms. The molecule has 0 radical (unpaired) electrons. The van der Waals surface area contributed by atoms with Gasteiger partial charge in [0, 0.05) is 26.2 Å². The fourth-order valence-electron chi connectivity index (χ4n) is 2.12. The summed E-state index contributed by atoms with van der Waals surface area (Å²) in [6.45, 7) is 5.09. The number of hydrogen-bond donors (Lipinski definition) is 2. The number of piperidine rings is 1. The van der Waals surface area contributed by atoms with Crippen LogP contribution in [0.1, 0.15) is 19.8 Å². The zero-order valence-corrected chi connectivity index (χ0v) is 13.0. The van der Waals surface area contributed by atoms with Gasteiger partial charge < -0.3 is 10.6 Å². The van der Waals surface area contributed by atoms with Crippen molar-refractivity contribution in [3.05, 3.63) is 0 Å². The molecule has 1 rings (SSSR count). The molecule has 114 valence electrons. The highest BCUT2D eigenvalue weighted by Crippen LogP contribution is 2.19. The third kappa shape index (κ3) is 5.80. The average Bonchev–Trinajstić information content (AvgIpc) is 2.41. The van der Waals surface area contributed by atoms with Crippen molar-refractivity contribution in [3.8, 4) is 12.3 Å². The van der Waals surface area contributed by atoms with Crippen LogP contribution >= 0.6 is 0 Å². The van der Waals surface area contributed by atoms with Crippen molar-refractivity contribution in [2.24, 2.45) is 10.9 Å². The minimum atomic E-state index is -3.05. The van der Waals surface area contributed by atoms with Crippen molar-refractivity contribution >= 4 is 16.0 Å². The van der Waals surface area contributed by atoms with Gasteiger partial charge in [0.15, 0.2) is 5.96 Å². The molecule has 0 aromatic carbocycles. The highest BCUT2D eigenvalue weighted by atomic mass is 32.2. The molecule has 1 fully saturated rings. The van der Waals surface area contributed by atoms with E-state index in [9.17, 15) is 8.42 Å². The Morgan fingerprint density at radius 2 is 2.05 bits per heavy atom. The van der Waals surface area contributed by atoms with Crippen molar-refractivity contribution in [1.82, 2.24) is 14.9 Å². The minimum Gasteiger partial charge on any atom is -0.357 e. The van der Waals surface area contributed by atoms with Crippen molar-refractivity contribution in [3.63, 3.8) is 0 Å². The van der Waals surface area contributed by atoms with E-state index in [1.165, 1.54) is 10.6 Å². The summed E-state index contributed by atoms with van der Waals surface area (Å²) in [6, 6.07) is 0. The Labute approximate surface area is 122 Å². The van der Waals surface area contributed by atoms with E-state index < -0.39 is 10.0 Å². The summed E-state index contributed by atoms with van der Waals surface area (Å²) < 4.78 is 24.4. The topological polar surface area (TPSA) is 73.8 Å². The fraction of sp³-hybridized carbons (Fsp3) is 0.769. The fourth-order valence-corrected chi connectivity index (χ4v) is 2.99. The molecule has 1 heterocycles. The van der Waals surface area contributed by atoms with E-state index >= 15 is 0 Å². The van der Waals surface area contributed by atoms with E-state index in [2.05, 4.69) is 21.5 Å². The highest BCUT2D eigenvalue weighted by molar-refractivity contribution is 7.88. The first-order valence-electron chi connectivity index (χ1n) is 6.88. The van der Waals surface area contributed by atoms with Crippen LogP contribution in [0.15, 0.2) is 4.99 Å². The number of nitrogens with zero attached hydrogens (tertiary/aromatic N) is 2. The van der Waals surface area contributed by atoms with Crippen LogP contribution in [0.5, 0.6) is 0 Å².